The molecule has 2 heterocycles. The van der Waals surface area contributed by atoms with Crippen molar-refractivity contribution in [1.29, 1.82) is 0 Å². The molecule has 9 heteroatoms. The van der Waals surface area contributed by atoms with Crippen molar-refractivity contribution < 1.29 is 14.3 Å². The molecule has 0 aliphatic rings. The second-order valence-electron chi connectivity index (χ2n) is 7.78. The fourth-order valence-electron chi connectivity index (χ4n) is 3.66. The molecule has 0 saturated carbocycles. The molecule has 2 aromatic carbocycles. The molecule has 2 aromatic heterocycles. The molecule has 7 nitrogen and oxygen atoms in total. The predicted octanol–water partition coefficient (Wildman–Crippen LogP) is 5.39. The maximum absolute atomic E-state index is 12.6. The summed E-state index contributed by atoms with van der Waals surface area (Å²) in [6, 6.07) is 13.1. The lowest BCUT2D eigenvalue weighted by molar-refractivity contribution is -0.115. The van der Waals surface area contributed by atoms with Crippen molar-refractivity contribution >= 4 is 34.5 Å². The largest absolute Gasteiger partial charge is 0.497 e. The monoisotopic (exact) mass is 496 g/mol. The van der Waals surface area contributed by atoms with Crippen molar-refractivity contribution in [3.05, 3.63) is 81.1 Å². The second kappa shape index (κ2) is 10.3. The quantitative estimate of drug-likeness (QED) is 0.354. The van der Waals surface area contributed by atoms with Gasteiger partial charge in [0.2, 0.25) is 11.0 Å². The second-order valence-corrected chi connectivity index (χ2v) is 9.05. The Balaban J connectivity index is 1.47. The normalized spacial score (nSPS) is 10.9. The van der Waals surface area contributed by atoms with Gasteiger partial charge in [-0.3, -0.25) is 4.79 Å². The number of nitrogens with zero attached hydrogens (tertiary/aromatic N) is 3. The van der Waals surface area contributed by atoms with Crippen LogP contribution in [0.3, 0.4) is 0 Å². The van der Waals surface area contributed by atoms with E-state index in [1.165, 1.54) is 16.9 Å². The van der Waals surface area contributed by atoms with E-state index in [0.29, 0.717) is 22.9 Å². The van der Waals surface area contributed by atoms with Crippen molar-refractivity contribution in [2.75, 3.05) is 19.5 Å². The maximum atomic E-state index is 12.6. The number of aryl methyl sites for hydroxylation is 1. The van der Waals surface area contributed by atoms with Crippen molar-refractivity contribution in [3.63, 3.8) is 0 Å². The number of methoxy groups -OCH3 is 2. The van der Waals surface area contributed by atoms with E-state index in [2.05, 4.69) is 10.3 Å². The molecule has 34 heavy (non-hydrogen) atoms. The third-order valence-corrected chi connectivity index (χ3v) is 6.60. The molecule has 0 saturated heterocycles. The molecular formula is C25H25ClN4O3S. The third kappa shape index (κ3) is 5.24. The van der Waals surface area contributed by atoms with Crippen molar-refractivity contribution in [2.24, 2.45) is 0 Å². The minimum Gasteiger partial charge on any atom is -0.497 e. The molecule has 1 N–H and O–H groups in total. The Labute approximate surface area is 207 Å². The highest BCUT2D eigenvalue weighted by Gasteiger charge is 2.17. The highest BCUT2D eigenvalue weighted by Crippen LogP contribution is 2.29. The zero-order valence-corrected chi connectivity index (χ0v) is 21.0. The number of carbonyl (C=O) groups is 1. The molecule has 0 aliphatic heterocycles. The van der Waals surface area contributed by atoms with Gasteiger partial charge in [-0.2, -0.15) is 5.10 Å². The van der Waals surface area contributed by atoms with E-state index in [9.17, 15) is 4.79 Å². The third-order valence-electron chi connectivity index (χ3n) is 5.48. The summed E-state index contributed by atoms with van der Waals surface area (Å²) in [5.41, 5.74) is 5.56. The highest BCUT2D eigenvalue weighted by atomic mass is 35.5. The van der Waals surface area contributed by atoms with Crippen LogP contribution in [0.2, 0.25) is 5.02 Å². The SMILES string of the molecule is COc1ccc(NC(=O)Cc2csc(-n3nc(C)c(Cc4ccc(Cl)cc4)c3C)n2)c(OC)c1. The van der Waals surface area contributed by atoms with Crippen molar-refractivity contribution in [1.82, 2.24) is 14.8 Å². The first-order valence-electron chi connectivity index (χ1n) is 10.6. The summed E-state index contributed by atoms with van der Waals surface area (Å²) in [5, 5.41) is 10.9. The Morgan fingerprint density at radius 3 is 2.59 bits per heavy atom. The van der Waals surface area contributed by atoms with Gasteiger partial charge >= 0.3 is 0 Å². The number of nitrogens with one attached hydrogen (secondary N) is 1. The molecule has 0 unspecified atom stereocenters. The summed E-state index contributed by atoms with van der Waals surface area (Å²) in [7, 11) is 3.13. The van der Waals surface area contributed by atoms with Crippen LogP contribution in [0, 0.1) is 13.8 Å². The van der Waals surface area contributed by atoms with Crippen LogP contribution in [-0.2, 0) is 17.6 Å². The maximum Gasteiger partial charge on any atom is 0.230 e. The van der Waals surface area contributed by atoms with Crippen LogP contribution < -0.4 is 14.8 Å². The lowest BCUT2D eigenvalue weighted by Gasteiger charge is -2.11. The van der Waals surface area contributed by atoms with E-state index < -0.39 is 0 Å². The summed E-state index contributed by atoms with van der Waals surface area (Å²) >= 11 is 7.47. The lowest BCUT2D eigenvalue weighted by Crippen LogP contribution is -2.15. The Kier molecular flexibility index (Phi) is 7.19. The smallest absolute Gasteiger partial charge is 0.230 e. The Hall–Kier alpha value is -3.36. The first kappa shape index (κ1) is 23.8. The van der Waals surface area contributed by atoms with Crippen LogP contribution in [-0.4, -0.2) is 34.9 Å². The highest BCUT2D eigenvalue weighted by molar-refractivity contribution is 7.12. The number of benzene rings is 2. The van der Waals surface area contributed by atoms with Crippen LogP contribution in [0.4, 0.5) is 5.69 Å². The van der Waals surface area contributed by atoms with Crippen LogP contribution in [0.1, 0.15) is 28.2 Å². The van der Waals surface area contributed by atoms with Gasteiger partial charge in [0.1, 0.15) is 11.5 Å². The number of carbonyl (C=O) groups excluding carboxylic acids is 1. The molecule has 0 spiro atoms. The summed E-state index contributed by atoms with van der Waals surface area (Å²) in [6.07, 6.45) is 0.905. The van der Waals surface area contributed by atoms with Crippen molar-refractivity contribution in [2.45, 2.75) is 26.7 Å². The Bertz CT molecular complexity index is 1310. The number of aromatic nitrogens is 3. The molecule has 0 radical (unpaired) electrons. The van der Waals surface area contributed by atoms with Gasteiger partial charge in [-0.25, -0.2) is 9.67 Å². The minimum absolute atomic E-state index is 0.141. The van der Waals surface area contributed by atoms with Crippen LogP contribution in [0.5, 0.6) is 11.5 Å². The number of halogens is 1. The van der Waals surface area contributed by atoms with E-state index in [1.807, 2.05) is 48.2 Å². The number of anilines is 1. The molecule has 0 fully saturated rings. The summed E-state index contributed by atoms with van der Waals surface area (Å²) in [5.74, 6) is 0.999. The van der Waals surface area contributed by atoms with Crippen LogP contribution >= 0.6 is 22.9 Å². The average Bonchev–Trinajstić information content (AvgIpc) is 3.40. The van der Waals surface area contributed by atoms with Gasteiger partial charge in [-0.15, -0.1) is 11.3 Å². The van der Waals surface area contributed by atoms with Gasteiger partial charge in [0.15, 0.2) is 0 Å². The van der Waals surface area contributed by atoms with E-state index in [1.54, 1.807) is 32.4 Å². The fraction of sp³-hybridized carbons (Fsp3) is 0.240. The zero-order chi connectivity index (χ0) is 24.2. The standard InChI is InChI=1S/C25H25ClN4O3S/c1-15-21(11-17-5-7-18(26)8-6-17)16(2)30(29-15)25-27-19(14-34-25)12-24(31)28-22-10-9-20(32-3)13-23(22)33-4/h5-10,13-14H,11-12H2,1-4H3,(H,28,31). The van der Waals surface area contributed by atoms with Crippen LogP contribution in [0.25, 0.3) is 5.13 Å². The number of hydrogen-bond donors (Lipinski definition) is 1. The van der Waals surface area contributed by atoms with E-state index in [0.717, 1.165) is 33.5 Å². The number of rotatable bonds is 8. The Morgan fingerprint density at radius 1 is 1.12 bits per heavy atom. The topological polar surface area (TPSA) is 78.3 Å². The fourth-order valence-corrected chi connectivity index (χ4v) is 4.61. The number of hydrogen-bond acceptors (Lipinski definition) is 6. The molecule has 1 amide bonds. The first-order valence-corrected chi connectivity index (χ1v) is 11.9. The summed E-state index contributed by atoms with van der Waals surface area (Å²) < 4.78 is 12.4. The average molecular weight is 497 g/mol. The summed E-state index contributed by atoms with van der Waals surface area (Å²) in [4.78, 5) is 17.3. The molecule has 0 bridgehead atoms. The predicted molar refractivity (Wildman–Crippen MR) is 135 cm³/mol. The molecule has 4 aromatic rings. The van der Waals surface area contributed by atoms with Gasteiger partial charge < -0.3 is 14.8 Å². The first-order chi connectivity index (χ1) is 16.4. The lowest BCUT2D eigenvalue weighted by atomic mass is 10.0. The summed E-state index contributed by atoms with van der Waals surface area (Å²) in [6.45, 7) is 4.04. The number of ether oxygens (including phenoxy) is 2. The van der Waals surface area contributed by atoms with E-state index in [-0.39, 0.29) is 12.3 Å². The molecule has 0 atom stereocenters. The number of amides is 1. The minimum atomic E-state index is -0.183. The van der Waals surface area contributed by atoms with Crippen LogP contribution in [0.15, 0.2) is 47.8 Å². The molecule has 4 rings (SSSR count). The Morgan fingerprint density at radius 2 is 1.88 bits per heavy atom. The molecular weight excluding hydrogens is 472 g/mol. The zero-order valence-electron chi connectivity index (χ0n) is 19.4. The molecule has 0 aliphatic carbocycles. The van der Waals surface area contributed by atoms with Gasteiger partial charge in [-0.1, -0.05) is 23.7 Å². The van der Waals surface area contributed by atoms with Gasteiger partial charge in [0.25, 0.3) is 0 Å². The van der Waals surface area contributed by atoms with Crippen molar-refractivity contribution in [3.8, 4) is 16.6 Å². The van der Waals surface area contributed by atoms with E-state index >= 15 is 0 Å². The van der Waals surface area contributed by atoms with Gasteiger partial charge in [0, 0.05) is 34.1 Å². The van der Waals surface area contributed by atoms with E-state index in [4.69, 9.17) is 26.2 Å². The number of thiazole rings is 1. The van der Waals surface area contributed by atoms with Gasteiger partial charge in [0.05, 0.1) is 37.7 Å². The molecule has 176 valence electrons. The van der Waals surface area contributed by atoms with Gasteiger partial charge in [-0.05, 0) is 43.7 Å².